The van der Waals surface area contributed by atoms with Crippen molar-refractivity contribution in [2.75, 3.05) is 79.5 Å². The van der Waals surface area contributed by atoms with E-state index in [1.165, 1.54) is 17.0 Å². The average Bonchev–Trinajstić information content (AvgIpc) is 3.04. The number of nitrogens with zero attached hydrogens (tertiary/aromatic N) is 6. The van der Waals surface area contributed by atoms with E-state index in [-0.39, 0.29) is 17.6 Å². The van der Waals surface area contributed by atoms with E-state index < -0.39 is 12.1 Å². The fourth-order valence-corrected chi connectivity index (χ4v) is 7.11. The molecule has 242 valence electrons. The maximum atomic E-state index is 15.3. The Hall–Kier alpha value is -2.15. The van der Waals surface area contributed by atoms with Crippen molar-refractivity contribution < 1.29 is 14.0 Å². The molecule has 2 unspecified atom stereocenters. The molecule has 0 aliphatic carbocycles. The van der Waals surface area contributed by atoms with Gasteiger partial charge in [-0.05, 0) is 74.6 Å². The lowest BCUT2D eigenvalue weighted by Crippen LogP contribution is -2.53. The summed E-state index contributed by atoms with van der Waals surface area (Å²) in [5.41, 5.74) is 2.29. The zero-order chi connectivity index (χ0) is 31.8. The van der Waals surface area contributed by atoms with Crippen LogP contribution in [0, 0.1) is 5.82 Å². The van der Waals surface area contributed by atoms with Crippen molar-refractivity contribution in [3.05, 3.63) is 71.0 Å². The number of halogens is 1. The van der Waals surface area contributed by atoms with E-state index in [1.807, 2.05) is 72.1 Å². The van der Waals surface area contributed by atoms with Gasteiger partial charge in [-0.3, -0.25) is 24.3 Å². The van der Waals surface area contributed by atoms with Crippen LogP contribution in [0.2, 0.25) is 0 Å². The number of hydrogen-bond acceptors (Lipinski definition) is 8. The summed E-state index contributed by atoms with van der Waals surface area (Å²) < 4.78 is 17.4. The van der Waals surface area contributed by atoms with Crippen molar-refractivity contribution in [1.82, 2.24) is 28.8 Å². The van der Waals surface area contributed by atoms with Crippen molar-refractivity contribution >= 4 is 34.5 Å². The fourth-order valence-electron chi connectivity index (χ4n) is 6.29. The van der Waals surface area contributed by atoms with Crippen molar-refractivity contribution in [2.24, 2.45) is 0 Å². The maximum Gasteiger partial charge on any atom is 0.244 e. The van der Waals surface area contributed by atoms with Gasteiger partial charge < -0.3 is 9.80 Å². The zero-order valence-electron chi connectivity index (χ0n) is 26.9. The van der Waals surface area contributed by atoms with Gasteiger partial charge in [0.15, 0.2) is 0 Å². The van der Waals surface area contributed by atoms with Crippen LogP contribution in [-0.4, -0.2) is 126 Å². The van der Waals surface area contributed by atoms with E-state index >= 15 is 4.39 Å². The Bertz CT molecular complexity index is 1220. The van der Waals surface area contributed by atoms with Crippen LogP contribution in [0.5, 0.6) is 0 Å². The Kier molecular flexibility index (Phi) is 13.0. The Labute approximate surface area is 272 Å². The molecule has 0 saturated carbocycles. The number of carbonyl (C=O) groups is 2. The first-order chi connectivity index (χ1) is 21.1. The minimum Gasteiger partial charge on any atom is -0.338 e. The van der Waals surface area contributed by atoms with Crippen LogP contribution < -0.4 is 0 Å². The Morgan fingerprint density at radius 3 is 2.00 bits per heavy atom. The minimum absolute atomic E-state index is 0.0531. The molecule has 2 aromatic carbocycles. The second kappa shape index (κ2) is 16.4. The number of piperazine rings is 2. The topological polar surface area (TPSA) is 53.6 Å². The molecular formula is C33H49FN6O2S2. The van der Waals surface area contributed by atoms with Crippen LogP contribution in [0.1, 0.15) is 49.5 Å². The largest absolute Gasteiger partial charge is 0.338 e. The molecule has 2 heterocycles. The van der Waals surface area contributed by atoms with Crippen molar-refractivity contribution in [2.45, 2.75) is 45.3 Å². The summed E-state index contributed by atoms with van der Waals surface area (Å²) in [6.45, 7) is 13.5. The highest BCUT2D eigenvalue weighted by molar-refractivity contribution is 8.67. The molecule has 2 aromatic rings. The molecule has 0 radical (unpaired) electrons. The molecule has 2 fully saturated rings. The van der Waals surface area contributed by atoms with Gasteiger partial charge in [0.2, 0.25) is 11.8 Å². The van der Waals surface area contributed by atoms with Crippen LogP contribution in [0.25, 0.3) is 0 Å². The van der Waals surface area contributed by atoms with Crippen LogP contribution in [0.4, 0.5) is 4.39 Å². The molecule has 11 heteroatoms. The molecule has 2 atom stereocenters. The lowest BCUT2D eigenvalue weighted by Gasteiger charge is -2.39. The third kappa shape index (κ3) is 8.55. The first kappa shape index (κ1) is 34.7. The van der Waals surface area contributed by atoms with Gasteiger partial charge in [-0.15, -0.1) is 0 Å². The van der Waals surface area contributed by atoms with Crippen LogP contribution in [0.15, 0.2) is 48.5 Å². The van der Waals surface area contributed by atoms with Gasteiger partial charge in [0, 0.05) is 64.9 Å². The highest BCUT2D eigenvalue weighted by atomic mass is 33.1. The molecule has 8 nitrogen and oxygen atoms in total. The van der Waals surface area contributed by atoms with Gasteiger partial charge in [0.1, 0.15) is 17.9 Å². The van der Waals surface area contributed by atoms with E-state index in [0.29, 0.717) is 57.3 Å². The molecule has 0 aromatic heterocycles. The summed E-state index contributed by atoms with van der Waals surface area (Å²) in [5, 5.41) is 0. The van der Waals surface area contributed by atoms with Crippen molar-refractivity contribution in [1.29, 1.82) is 0 Å². The van der Waals surface area contributed by atoms with Gasteiger partial charge in [0.25, 0.3) is 0 Å². The van der Waals surface area contributed by atoms with Gasteiger partial charge in [-0.25, -0.2) is 8.70 Å². The molecule has 0 spiro atoms. The maximum absolute atomic E-state index is 15.3. The summed E-state index contributed by atoms with van der Waals surface area (Å²) in [5.74, 6) is -0.160. The summed E-state index contributed by atoms with van der Waals surface area (Å²) in [6.07, 6.45) is 0.426. The summed E-state index contributed by atoms with van der Waals surface area (Å²) >= 11 is 4.31. The number of rotatable bonds is 12. The predicted molar refractivity (Wildman–Crippen MR) is 181 cm³/mol. The lowest BCUT2D eigenvalue weighted by molar-refractivity contribution is -0.139. The summed E-state index contributed by atoms with van der Waals surface area (Å²) in [6, 6.07) is 14.5. The second-order valence-electron chi connectivity index (χ2n) is 12.2. The van der Waals surface area contributed by atoms with Crippen LogP contribution >= 0.6 is 22.6 Å². The minimum atomic E-state index is -0.491. The van der Waals surface area contributed by atoms with Gasteiger partial charge in [-0.1, -0.05) is 61.0 Å². The molecule has 2 aliphatic heterocycles. The molecule has 2 amide bonds. The van der Waals surface area contributed by atoms with E-state index in [4.69, 9.17) is 0 Å². The van der Waals surface area contributed by atoms with Crippen molar-refractivity contribution in [3.8, 4) is 0 Å². The molecule has 2 aliphatic rings. The standard InChI is InChI=1S/C33H49FN6O2S2/c1-6-36(31(26-10-8-7-9-11-26)33(42)39-20-22-40(44-43)23-21-39)15-14-27-24-28(12-13-29(27)34)30(35(4)5)32(41)38-18-16-37(17-19-38)25(2)3/h7-13,24-25,30-31,43H,6,14-23H2,1-5H3. The van der Waals surface area contributed by atoms with Gasteiger partial charge >= 0.3 is 0 Å². The Morgan fingerprint density at radius 2 is 1.45 bits per heavy atom. The number of benzene rings is 2. The average molecular weight is 645 g/mol. The van der Waals surface area contributed by atoms with E-state index in [9.17, 15) is 9.59 Å². The molecule has 0 N–H and O–H groups in total. The summed E-state index contributed by atoms with van der Waals surface area (Å²) in [7, 11) is 5.22. The quantitative estimate of drug-likeness (QED) is 0.211. The van der Waals surface area contributed by atoms with Crippen molar-refractivity contribution in [3.63, 3.8) is 0 Å². The third-order valence-electron chi connectivity index (χ3n) is 8.95. The third-order valence-corrected chi connectivity index (χ3v) is 10.2. The number of carbonyl (C=O) groups excluding carboxylic acids is 2. The number of amides is 2. The summed E-state index contributed by atoms with van der Waals surface area (Å²) in [4.78, 5) is 38.1. The second-order valence-corrected chi connectivity index (χ2v) is 13.4. The Balaban J connectivity index is 1.51. The number of likely N-dealkylation sites (N-methyl/N-ethyl adjacent to an activating group) is 2. The molecule has 0 bridgehead atoms. The first-order valence-corrected chi connectivity index (χ1v) is 17.6. The van der Waals surface area contributed by atoms with Gasteiger partial charge in [-0.2, -0.15) is 0 Å². The lowest BCUT2D eigenvalue weighted by atomic mass is 9.98. The molecule has 2 saturated heterocycles. The molecule has 44 heavy (non-hydrogen) atoms. The molecule has 4 rings (SSSR count). The first-order valence-electron chi connectivity index (χ1n) is 15.8. The smallest absolute Gasteiger partial charge is 0.244 e. The van der Waals surface area contributed by atoms with E-state index in [1.54, 1.807) is 6.07 Å². The van der Waals surface area contributed by atoms with Crippen LogP contribution in [-0.2, 0) is 16.0 Å². The van der Waals surface area contributed by atoms with Crippen LogP contribution in [0.3, 0.4) is 0 Å². The molecular weight excluding hydrogens is 596 g/mol. The highest BCUT2D eigenvalue weighted by Gasteiger charge is 2.34. The van der Waals surface area contributed by atoms with Gasteiger partial charge in [0.05, 0.1) is 0 Å². The normalized spacial score (nSPS) is 18.3. The monoisotopic (exact) mass is 644 g/mol. The zero-order valence-corrected chi connectivity index (χ0v) is 28.6. The predicted octanol–water partition coefficient (Wildman–Crippen LogP) is 4.22. The fraction of sp³-hybridized carbons (Fsp3) is 0.576. The highest BCUT2D eigenvalue weighted by Crippen LogP contribution is 2.28. The number of hydrogen-bond donors (Lipinski definition) is 1. The number of thiol groups is 1. The van der Waals surface area contributed by atoms with E-state index in [0.717, 1.165) is 37.3 Å². The van der Waals surface area contributed by atoms with E-state index in [2.05, 4.69) is 39.6 Å². The Morgan fingerprint density at radius 1 is 0.864 bits per heavy atom. The SMILES string of the molecule is CCN(CCc1cc(C(C(=O)N2CCN(C(C)C)CC2)N(C)C)ccc1F)C(C(=O)N1CCN(SS)CC1)c1ccccc1.